The molecule has 0 aromatic rings. The third kappa shape index (κ3) is 22.9. The summed E-state index contributed by atoms with van der Waals surface area (Å²) in [5, 5.41) is 87.8. The van der Waals surface area contributed by atoms with E-state index in [2.05, 4.69) is 20.9 Å². The van der Waals surface area contributed by atoms with Crippen LogP contribution in [0.15, 0.2) is 0 Å². The maximum absolute atomic E-state index is 13.0. The molecule has 0 spiro atoms. The van der Waals surface area contributed by atoms with Gasteiger partial charge in [-0.05, 0) is 0 Å². The number of hydrogen-bond donors (Lipinski definition) is 19. The molecular formula is C31H53N3O49S8. The number of ether oxygens (including phenoxy) is 10. The standard InChI is InChI=1S/C31H53N3O49S8/c1-69-27-9(33-85(48,49)50)13(37)17(6(74-27)3-71-88(57,58)59)76-31-22(83-91(66,67)68)16(40)21(24(81-31)26(43)44)79-29-10(34-86(51,52)53)19(82-90(63,64)65)18(7(75-29)4-72-89(60,61)62)77-30-15(39)14(38)20(23(80-30)25(41)42)78-28-8(32-84(45,46)47)12(36)11(35)5(73-28)2-70-87(54,55)56/h5-24,27-40H,2-4H2,1H3,(H,41,42)(H,43,44)(H,45,46,47)(H,48,49,50)(H,51,52,53)(H,54,55,56)(H,57,58,59)(H,60,61,62)(H,63,64,65)(H,66,67,68)/t5-,6-,7-,8-,9-,10-,11-,12-,13-,14-,15-,16+,17-,18-,19-,20+,21+,22-,23+,24-,27?,28-,29-,30-,31-/m1/s1. The minimum atomic E-state index is -6.36. The van der Waals surface area contributed by atoms with Gasteiger partial charge in [-0.25, -0.2) is 30.5 Å². The first-order valence-corrected chi connectivity index (χ1v) is 34.7. The van der Waals surface area contributed by atoms with Crippen LogP contribution in [-0.4, -0.2) is 337 Å². The molecule has 52 nitrogen and oxygen atoms in total. The molecule has 19 N–H and O–H groups in total. The molecule has 5 saturated heterocycles. The van der Waals surface area contributed by atoms with Gasteiger partial charge in [0.2, 0.25) is 0 Å². The molecule has 534 valence electrons. The van der Waals surface area contributed by atoms with Gasteiger partial charge in [-0.15, -0.1) is 0 Å². The molecule has 5 aliphatic rings. The van der Waals surface area contributed by atoms with Crippen LogP contribution in [0.5, 0.6) is 0 Å². The Hall–Kier alpha value is -2.74. The Morgan fingerprint density at radius 1 is 0.352 bits per heavy atom. The highest BCUT2D eigenvalue weighted by Crippen LogP contribution is 2.39. The summed E-state index contributed by atoms with van der Waals surface area (Å²) in [7, 11) is -45.9. The van der Waals surface area contributed by atoms with Gasteiger partial charge in [-0.2, -0.15) is 81.5 Å². The Labute approximate surface area is 509 Å². The maximum atomic E-state index is 13.0. The van der Waals surface area contributed by atoms with Crippen LogP contribution >= 0.6 is 0 Å². The minimum absolute atomic E-state index is 0.735. The number of nitrogens with one attached hydrogen (secondary N) is 3. The van der Waals surface area contributed by atoms with Crippen molar-refractivity contribution in [3.05, 3.63) is 0 Å². The van der Waals surface area contributed by atoms with Gasteiger partial charge >= 0.3 is 94.8 Å². The SMILES string of the molecule is COC1O[C@H](COS(=O)(=O)O)[C@@H](O[C@@H]2O[C@@H](C(=O)O)[C@@H](O[C@H]3O[C@H](COS(=O)(=O)O)[C@@H](O[C@@H]4O[C@H](C(=O)O)[C@@H](O[C@H]5O[C@H](COS(=O)(=O)O)[C@@H](O)[C@H](O)[C@H]5NS(=O)(=O)O)[C@H](O)[C@H]4O)[C@H](OS(=O)(=O)O)[C@H]3NS(=O)(=O)O)[C@H](O)[C@H]2OS(=O)(=O)O)[C@H](O)[C@H]1NS(=O)(=O)O. The Morgan fingerprint density at radius 2 is 0.703 bits per heavy atom. The van der Waals surface area contributed by atoms with Crippen LogP contribution in [0.2, 0.25) is 0 Å². The summed E-state index contributed by atoms with van der Waals surface area (Å²) < 4.78 is 346. The van der Waals surface area contributed by atoms with Crippen molar-refractivity contribution in [1.82, 2.24) is 14.2 Å². The predicted molar refractivity (Wildman–Crippen MR) is 262 cm³/mol. The summed E-state index contributed by atoms with van der Waals surface area (Å²) in [5.41, 5.74) is 0. The van der Waals surface area contributed by atoms with Crippen molar-refractivity contribution in [2.45, 2.75) is 153 Å². The van der Waals surface area contributed by atoms with E-state index in [-0.39, 0.29) is 0 Å². The zero-order valence-corrected chi connectivity index (χ0v) is 50.5. The molecule has 0 bridgehead atoms. The van der Waals surface area contributed by atoms with E-state index in [1.807, 2.05) is 0 Å². The van der Waals surface area contributed by atoms with E-state index in [0.29, 0.717) is 0 Å². The quantitative estimate of drug-likeness (QED) is 0.0297. The summed E-state index contributed by atoms with van der Waals surface area (Å²) in [4.78, 5) is 25.8. The summed E-state index contributed by atoms with van der Waals surface area (Å²) in [6, 6.07) is -8.17. The molecular weight excluding hydrogens is 1450 g/mol. The van der Waals surface area contributed by atoms with E-state index in [0.717, 1.165) is 11.8 Å². The molecule has 0 aromatic carbocycles. The van der Waals surface area contributed by atoms with E-state index < -0.39 is 268 Å². The zero-order chi connectivity index (χ0) is 69.4. The lowest BCUT2D eigenvalue weighted by Crippen LogP contribution is -2.71. The second-order valence-electron chi connectivity index (χ2n) is 18.7. The van der Waals surface area contributed by atoms with Crippen molar-refractivity contribution in [2.75, 3.05) is 26.9 Å². The highest BCUT2D eigenvalue weighted by atomic mass is 32.3. The van der Waals surface area contributed by atoms with Crippen LogP contribution in [0.1, 0.15) is 0 Å². The van der Waals surface area contributed by atoms with Crippen molar-refractivity contribution < 1.29 is 222 Å². The smallest absolute Gasteiger partial charge is 0.397 e. The molecule has 5 heterocycles. The lowest BCUT2D eigenvalue weighted by atomic mass is 9.94. The fraction of sp³-hybridized carbons (Fsp3) is 0.935. The van der Waals surface area contributed by atoms with Crippen LogP contribution in [0.25, 0.3) is 0 Å². The number of aliphatic hydroxyl groups is 6. The minimum Gasteiger partial charge on any atom is -0.479 e. The fourth-order valence-electron chi connectivity index (χ4n) is 8.98. The largest absolute Gasteiger partial charge is 0.479 e. The van der Waals surface area contributed by atoms with E-state index in [1.54, 1.807) is 0 Å². The van der Waals surface area contributed by atoms with Crippen molar-refractivity contribution in [1.29, 1.82) is 0 Å². The number of carbonyl (C=O) groups is 2. The highest BCUT2D eigenvalue weighted by molar-refractivity contribution is 7.84. The predicted octanol–water partition coefficient (Wildman–Crippen LogP) is -13.8. The normalized spacial score (nSPS) is 38.6. The van der Waals surface area contributed by atoms with Crippen LogP contribution in [0, 0.1) is 0 Å². The third-order valence-corrected chi connectivity index (χ3v) is 16.4. The average Bonchev–Trinajstić information content (AvgIpc) is 0.767. The molecule has 1 unspecified atom stereocenters. The Morgan fingerprint density at radius 3 is 1.13 bits per heavy atom. The molecule has 91 heavy (non-hydrogen) atoms. The first kappa shape index (κ1) is 79.0. The number of aliphatic carboxylic acids is 2. The number of carboxylic acid groups (broad SMARTS) is 2. The molecule has 0 saturated carbocycles. The molecule has 0 amide bonds. The summed E-state index contributed by atoms with van der Waals surface area (Å²) in [5.74, 6) is -4.91. The average molecular weight is 1510 g/mol. The molecule has 0 aliphatic carbocycles. The van der Waals surface area contributed by atoms with Crippen molar-refractivity contribution in [3.63, 3.8) is 0 Å². The number of aliphatic hydroxyl groups excluding tert-OH is 6. The maximum Gasteiger partial charge on any atom is 0.397 e. The van der Waals surface area contributed by atoms with Gasteiger partial charge in [0.05, 0.1) is 19.8 Å². The van der Waals surface area contributed by atoms with Gasteiger partial charge in [0.1, 0.15) is 104 Å². The first-order valence-electron chi connectivity index (χ1n) is 23.5. The molecule has 25 atom stereocenters. The molecule has 5 rings (SSSR count). The Kier molecular flexibility index (Phi) is 26.0. The Balaban J connectivity index is 1.60. The van der Waals surface area contributed by atoms with Crippen molar-refractivity contribution in [2.24, 2.45) is 0 Å². The second kappa shape index (κ2) is 29.9. The molecule has 5 aliphatic heterocycles. The number of methoxy groups -OCH3 is 1. The van der Waals surface area contributed by atoms with Gasteiger partial charge in [0.25, 0.3) is 0 Å². The molecule has 60 heteroatoms. The zero-order valence-electron chi connectivity index (χ0n) is 43.9. The van der Waals surface area contributed by atoms with E-state index in [9.17, 15) is 150 Å². The van der Waals surface area contributed by atoms with Crippen molar-refractivity contribution in [3.8, 4) is 0 Å². The van der Waals surface area contributed by atoms with E-state index in [4.69, 9.17) is 51.9 Å². The van der Waals surface area contributed by atoms with E-state index in [1.165, 1.54) is 9.44 Å². The van der Waals surface area contributed by atoms with Crippen LogP contribution in [-0.2, 0) is 161 Å². The van der Waals surface area contributed by atoms with Crippen molar-refractivity contribution >= 4 is 94.8 Å². The summed E-state index contributed by atoms with van der Waals surface area (Å²) in [6.45, 7) is -5.06. The van der Waals surface area contributed by atoms with Gasteiger partial charge in [0, 0.05) is 7.11 Å². The van der Waals surface area contributed by atoms with Crippen LogP contribution in [0.3, 0.4) is 0 Å². The lowest BCUT2D eigenvalue weighted by molar-refractivity contribution is -0.373. The lowest BCUT2D eigenvalue weighted by Gasteiger charge is -2.50. The number of carboxylic acids is 2. The van der Waals surface area contributed by atoms with Gasteiger partial charge < -0.3 is 88.2 Å². The summed E-state index contributed by atoms with van der Waals surface area (Å²) >= 11 is 0. The van der Waals surface area contributed by atoms with Crippen LogP contribution < -0.4 is 14.2 Å². The fourth-order valence-corrected chi connectivity index (χ4v) is 12.7. The van der Waals surface area contributed by atoms with Gasteiger partial charge in [0.15, 0.2) is 49.8 Å². The Bertz CT molecular complexity index is 3490. The first-order chi connectivity index (χ1) is 41.2. The monoisotopic (exact) mass is 1510 g/mol. The third-order valence-electron chi connectivity index (χ3n) is 12.4. The number of hydrogen-bond acceptors (Lipinski definition) is 39. The second-order valence-corrected chi connectivity index (χ2v) is 27.6. The van der Waals surface area contributed by atoms with Gasteiger partial charge in [-0.3, -0.25) is 36.4 Å². The van der Waals surface area contributed by atoms with Gasteiger partial charge in [-0.1, -0.05) is 0 Å². The van der Waals surface area contributed by atoms with E-state index >= 15 is 0 Å². The molecule has 0 aromatic heterocycles. The summed E-state index contributed by atoms with van der Waals surface area (Å²) in [6.07, 6.45) is -63.6. The topological polar surface area (TPSA) is 805 Å². The number of rotatable bonds is 30. The highest BCUT2D eigenvalue weighted by Gasteiger charge is 2.61. The molecule has 5 fully saturated rings. The molecule has 0 radical (unpaired) electrons. The van der Waals surface area contributed by atoms with Crippen LogP contribution in [0.4, 0.5) is 0 Å².